The molecule has 1 aliphatic carbocycles. The fourth-order valence-corrected chi connectivity index (χ4v) is 5.89. The van der Waals surface area contributed by atoms with Gasteiger partial charge in [0.25, 0.3) is 0 Å². The highest BCUT2D eigenvalue weighted by atomic mass is 15.5. The van der Waals surface area contributed by atoms with E-state index in [9.17, 15) is 0 Å². The summed E-state index contributed by atoms with van der Waals surface area (Å²) in [7, 11) is 1.92. The third kappa shape index (κ3) is 7.37. The maximum atomic E-state index is 4.74. The van der Waals surface area contributed by atoms with Crippen LogP contribution >= 0.6 is 0 Å². The summed E-state index contributed by atoms with van der Waals surface area (Å²) in [6, 6.07) is 5.02. The van der Waals surface area contributed by atoms with Crippen molar-refractivity contribution in [2.75, 3.05) is 36.9 Å². The van der Waals surface area contributed by atoms with Gasteiger partial charge in [-0.1, -0.05) is 12.1 Å². The molecular formula is C32H45N9. The molecule has 5 rings (SSSR count). The summed E-state index contributed by atoms with van der Waals surface area (Å²) in [5.74, 6) is 1.33. The summed E-state index contributed by atoms with van der Waals surface area (Å²) in [6.45, 7) is 9.35. The van der Waals surface area contributed by atoms with Crippen molar-refractivity contribution in [2.45, 2.75) is 84.6 Å². The number of piperidine rings is 1. The molecule has 0 bridgehead atoms. The monoisotopic (exact) mass is 555 g/mol. The van der Waals surface area contributed by atoms with E-state index < -0.39 is 0 Å². The van der Waals surface area contributed by atoms with Crippen LogP contribution in [0.3, 0.4) is 0 Å². The number of rotatable bonds is 10. The van der Waals surface area contributed by atoms with Crippen molar-refractivity contribution in [1.82, 2.24) is 24.9 Å². The Morgan fingerprint density at radius 1 is 0.976 bits per heavy atom. The zero-order valence-corrected chi connectivity index (χ0v) is 25.2. The molecule has 0 atom stereocenters. The van der Waals surface area contributed by atoms with E-state index in [1.807, 2.05) is 36.8 Å². The fourth-order valence-electron chi connectivity index (χ4n) is 5.89. The second-order valence-corrected chi connectivity index (χ2v) is 11.6. The molecule has 0 unspecified atom stereocenters. The van der Waals surface area contributed by atoms with Gasteiger partial charge in [-0.25, -0.2) is 9.97 Å². The number of allylic oxidation sites excluding steroid dienone is 1. The van der Waals surface area contributed by atoms with Gasteiger partial charge in [-0.05, 0) is 101 Å². The zero-order valence-electron chi connectivity index (χ0n) is 25.2. The Morgan fingerprint density at radius 2 is 1.71 bits per heavy atom. The van der Waals surface area contributed by atoms with Gasteiger partial charge in [-0.2, -0.15) is 0 Å². The van der Waals surface area contributed by atoms with Crippen LogP contribution in [-0.2, 0) is 6.42 Å². The van der Waals surface area contributed by atoms with Crippen molar-refractivity contribution < 1.29 is 0 Å². The quantitative estimate of drug-likeness (QED) is 0.211. The van der Waals surface area contributed by atoms with Crippen molar-refractivity contribution in [3.05, 3.63) is 53.6 Å². The first kappa shape index (κ1) is 28.9. The highest BCUT2D eigenvalue weighted by Gasteiger charge is 2.24. The molecule has 2 fully saturated rings. The lowest BCUT2D eigenvalue weighted by atomic mass is 9.82. The molecule has 1 aliphatic heterocycles. The van der Waals surface area contributed by atoms with Crippen LogP contribution in [0.5, 0.6) is 0 Å². The Hall–Kier alpha value is -3.62. The summed E-state index contributed by atoms with van der Waals surface area (Å²) in [6.07, 6.45) is 17.8. The lowest BCUT2D eigenvalue weighted by molar-refractivity contribution is 0.336. The van der Waals surface area contributed by atoms with Crippen molar-refractivity contribution in [3.8, 4) is 0 Å². The molecule has 0 radical (unpaired) electrons. The smallest absolute Gasteiger partial charge is 0.222 e. The van der Waals surface area contributed by atoms with E-state index in [0.717, 1.165) is 67.6 Å². The molecule has 3 heterocycles. The van der Waals surface area contributed by atoms with Gasteiger partial charge >= 0.3 is 0 Å². The van der Waals surface area contributed by atoms with Gasteiger partial charge in [0.15, 0.2) is 0 Å². The highest BCUT2D eigenvalue weighted by molar-refractivity contribution is 5.82. The minimum atomic E-state index is 0.388. The molecule has 9 nitrogen and oxygen atoms in total. The number of hydrogen-bond acceptors (Lipinski definition) is 8. The van der Waals surface area contributed by atoms with Gasteiger partial charge in [-0.3, -0.25) is 15.0 Å². The molecule has 2 aromatic heterocycles. The van der Waals surface area contributed by atoms with Crippen molar-refractivity contribution in [1.29, 1.82) is 0 Å². The van der Waals surface area contributed by atoms with Crippen LogP contribution in [0.15, 0.2) is 52.8 Å². The van der Waals surface area contributed by atoms with E-state index in [1.54, 1.807) is 0 Å². The Labute approximate surface area is 244 Å². The van der Waals surface area contributed by atoms with Crippen LogP contribution in [0.25, 0.3) is 16.7 Å². The number of hydrogen-bond donors (Lipinski definition) is 1. The van der Waals surface area contributed by atoms with Gasteiger partial charge in [0, 0.05) is 68.8 Å². The second kappa shape index (κ2) is 13.8. The van der Waals surface area contributed by atoms with E-state index in [2.05, 4.69) is 68.4 Å². The van der Waals surface area contributed by atoms with Crippen LogP contribution in [0.1, 0.15) is 83.3 Å². The lowest BCUT2D eigenvalue weighted by Gasteiger charge is -2.31. The predicted molar refractivity (Wildman–Crippen MR) is 167 cm³/mol. The summed E-state index contributed by atoms with van der Waals surface area (Å²) < 4.78 is 0. The number of nitrogens with zero attached hydrogens (tertiary/aromatic N) is 8. The molecular weight excluding hydrogens is 510 g/mol. The topological polar surface area (TPSA) is 94.8 Å². The normalized spacial score (nSPS) is 20.3. The van der Waals surface area contributed by atoms with Crippen LogP contribution < -0.4 is 10.2 Å². The summed E-state index contributed by atoms with van der Waals surface area (Å²) in [4.78, 5) is 21.2. The van der Waals surface area contributed by atoms with Crippen LogP contribution in [0.4, 0.5) is 11.6 Å². The maximum absolute atomic E-state index is 4.74. The van der Waals surface area contributed by atoms with Gasteiger partial charge in [0.05, 0.1) is 16.7 Å². The molecule has 1 aromatic carbocycles. The third-order valence-electron chi connectivity index (χ3n) is 8.66. The van der Waals surface area contributed by atoms with Crippen molar-refractivity contribution in [3.63, 3.8) is 0 Å². The van der Waals surface area contributed by atoms with E-state index in [1.165, 1.54) is 48.9 Å². The second-order valence-electron chi connectivity index (χ2n) is 11.6. The maximum Gasteiger partial charge on any atom is 0.222 e. The fraction of sp³-hybridized carbons (Fsp3) is 0.562. The molecule has 1 N–H and O–H groups in total. The Bertz CT molecular complexity index is 1340. The highest BCUT2D eigenvalue weighted by Crippen LogP contribution is 2.33. The molecule has 0 spiro atoms. The largest absolute Gasteiger partial charge is 0.371 e. The van der Waals surface area contributed by atoms with Crippen molar-refractivity contribution in [2.24, 2.45) is 16.3 Å². The zero-order chi connectivity index (χ0) is 28.6. The first-order valence-corrected chi connectivity index (χ1v) is 15.4. The number of anilines is 2. The Morgan fingerprint density at radius 3 is 2.41 bits per heavy atom. The van der Waals surface area contributed by atoms with Gasteiger partial charge < -0.3 is 10.2 Å². The minimum Gasteiger partial charge on any atom is -0.371 e. The SMILES string of the molecule is CC/C(C)=C(/N=N\N(C)CC)c1cnc(N[C@H]2CC[C@@H](Cc3cc(N4CCCCC4)cc4nccnc34)CC2)nc1. The van der Waals surface area contributed by atoms with Gasteiger partial charge in [0.1, 0.15) is 0 Å². The Balaban J connectivity index is 1.20. The van der Waals surface area contributed by atoms with E-state index >= 15 is 0 Å². The number of aromatic nitrogens is 4. The molecule has 9 heteroatoms. The molecule has 0 amide bonds. The predicted octanol–water partition coefficient (Wildman–Crippen LogP) is 7.08. The van der Waals surface area contributed by atoms with E-state index in [0.29, 0.717) is 17.9 Å². The van der Waals surface area contributed by atoms with E-state index in [4.69, 9.17) is 4.98 Å². The van der Waals surface area contributed by atoms with Crippen molar-refractivity contribution >= 4 is 28.4 Å². The van der Waals surface area contributed by atoms with Gasteiger partial charge in [0.2, 0.25) is 5.95 Å². The molecule has 2 aliphatic rings. The molecule has 218 valence electrons. The molecule has 3 aromatic rings. The number of benzene rings is 1. The summed E-state index contributed by atoms with van der Waals surface area (Å²) in [5.41, 5.74) is 7.66. The first-order chi connectivity index (χ1) is 20.0. The summed E-state index contributed by atoms with van der Waals surface area (Å²) >= 11 is 0. The number of nitrogens with one attached hydrogen (secondary N) is 1. The number of fused-ring (bicyclic) bond motifs is 1. The van der Waals surface area contributed by atoms with Crippen LogP contribution in [0.2, 0.25) is 0 Å². The van der Waals surface area contributed by atoms with Gasteiger partial charge in [-0.15, -0.1) is 5.11 Å². The molecule has 1 saturated heterocycles. The standard InChI is InChI=1S/C32H45N9/c1-5-23(3)30(38-39-40(4)6-2)26-21-35-32(36-22-26)37-27-12-10-24(11-13-27)18-25-19-28(41-16-8-7-9-17-41)20-29-31(25)34-15-14-33-29/h14-15,19-22,24,27H,5-13,16-18H2,1-4H3,(H,35,36,37)/b30-23+,39-38-/t24-,27+. The molecule has 41 heavy (non-hydrogen) atoms. The third-order valence-corrected chi connectivity index (χ3v) is 8.66. The summed E-state index contributed by atoms with van der Waals surface area (Å²) in [5, 5.41) is 14.2. The minimum absolute atomic E-state index is 0.388. The molecule has 1 saturated carbocycles. The average Bonchev–Trinajstić information content (AvgIpc) is 3.02. The van der Waals surface area contributed by atoms with E-state index in [-0.39, 0.29) is 0 Å². The van der Waals surface area contributed by atoms with Crippen LogP contribution in [-0.4, -0.2) is 57.7 Å². The lowest BCUT2D eigenvalue weighted by Crippen LogP contribution is -2.29. The van der Waals surface area contributed by atoms with Crippen LogP contribution in [0, 0.1) is 5.92 Å². The Kier molecular flexibility index (Phi) is 9.75. The average molecular weight is 556 g/mol. The first-order valence-electron chi connectivity index (χ1n) is 15.4.